The molecule has 3 rings (SSSR count). The van der Waals surface area contributed by atoms with E-state index in [9.17, 15) is 0 Å². The van der Waals surface area contributed by atoms with Gasteiger partial charge in [-0.05, 0) is 76.9 Å². The number of ether oxygens (including phenoxy) is 2. The topological polar surface area (TPSA) is 18.5 Å². The first-order valence-electron chi connectivity index (χ1n) is 6.73. The minimum absolute atomic E-state index is 0. The van der Waals surface area contributed by atoms with Crippen molar-refractivity contribution in [3.63, 3.8) is 0 Å². The molecule has 0 spiro atoms. The molecule has 21 heavy (non-hydrogen) atoms. The van der Waals surface area contributed by atoms with Gasteiger partial charge in [0.1, 0.15) is 0 Å². The summed E-state index contributed by atoms with van der Waals surface area (Å²) < 4.78 is 11.1. The van der Waals surface area contributed by atoms with E-state index in [1.54, 1.807) is 7.11 Å². The van der Waals surface area contributed by atoms with Crippen LogP contribution in [-0.4, -0.2) is 12.9 Å². The predicted molar refractivity (Wildman–Crippen MR) is 80.3 cm³/mol. The monoisotopic (exact) mass is 324 g/mol. The van der Waals surface area contributed by atoms with Gasteiger partial charge < -0.3 is 9.47 Å². The Balaban J connectivity index is 0.000000313. The third-order valence-corrected chi connectivity index (χ3v) is 3.13. The van der Waals surface area contributed by atoms with Crippen LogP contribution in [0.5, 0.6) is 0 Å². The third-order valence-electron chi connectivity index (χ3n) is 3.13. The molecule has 3 heteroatoms. The van der Waals surface area contributed by atoms with Crippen molar-refractivity contribution in [1.82, 2.24) is 0 Å². The van der Waals surface area contributed by atoms with Gasteiger partial charge in [0.25, 0.3) is 0 Å². The molecule has 0 aromatic carbocycles. The van der Waals surface area contributed by atoms with Crippen LogP contribution in [0.2, 0.25) is 0 Å². The smallest absolute Gasteiger partial charge is 0.463 e. The van der Waals surface area contributed by atoms with E-state index in [1.165, 1.54) is 5.92 Å². The Morgan fingerprint density at radius 1 is 1.05 bits per heavy atom. The van der Waals surface area contributed by atoms with Crippen LogP contribution in [0, 0.1) is 63.7 Å². The van der Waals surface area contributed by atoms with Crippen molar-refractivity contribution in [3.05, 3.63) is 87.7 Å². The van der Waals surface area contributed by atoms with E-state index in [0.29, 0.717) is 0 Å². The molecular formula is C18H20FeO2+2. The summed E-state index contributed by atoms with van der Waals surface area (Å²) in [6.45, 7) is 1.94. The van der Waals surface area contributed by atoms with Crippen LogP contribution in [0.1, 0.15) is 13.3 Å². The second-order valence-corrected chi connectivity index (χ2v) is 4.65. The standard InChI is InChI=1S/C13H15O2.C5H5.Fe/c1-11-7-9-13(14-2,15-11)10-8-12-5-3-4-6-12;1-2-4-5-3-1;/h3-8,10H,9H2,1-2H3;1-5H;/q;;+2/b10-8+;;. The quantitative estimate of drug-likeness (QED) is 0.738. The number of rotatable bonds is 3. The van der Waals surface area contributed by atoms with Gasteiger partial charge in [0.2, 0.25) is 5.79 Å². The zero-order chi connectivity index (χ0) is 14.3. The fourth-order valence-electron chi connectivity index (χ4n) is 1.98. The van der Waals surface area contributed by atoms with Crippen LogP contribution >= 0.6 is 0 Å². The normalized spacial score (nSPS) is 28.8. The maximum absolute atomic E-state index is 5.65. The molecule has 1 aliphatic heterocycles. The molecule has 1 atom stereocenters. The summed E-state index contributed by atoms with van der Waals surface area (Å²) in [5.74, 6) is 1.49. The summed E-state index contributed by atoms with van der Waals surface area (Å²) in [5, 5.41) is 0. The molecule has 0 aromatic rings. The first-order valence-corrected chi connectivity index (χ1v) is 6.73. The molecule has 2 nitrogen and oxygen atoms in total. The van der Waals surface area contributed by atoms with Crippen LogP contribution < -0.4 is 0 Å². The van der Waals surface area contributed by atoms with Gasteiger partial charge in [-0.1, -0.05) is 6.08 Å². The van der Waals surface area contributed by atoms with Crippen molar-refractivity contribution in [2.45, 2.75) is 19.1 Å². The fourth-order valence-corrected chi connectivity index (χ4v) is 1.98. The summed E-state index contributed by atoms with van der Waals surface area (Å²) in [6, 6.07) is 0. The maximum atomic E-state index is 5.65. The van der Waals surface area contributed by atoms with Gasteiger partial charge in [0.05, 0.1) is 5.76 Å². The van der Waals surface area contributed by atoms with Gasteiger partial charge in [-0.15, -0.1) is 0 Å². The molecule has 10 radical (unpaired) electrons. The zero-order valence-electron chi connectivity index (χ0n) is 12.3. The van der Waals surface area contributed by atoms with E-state index in [0.717, 1.165) is 12.2 Å². The van der Waals surface area contributed by atoms with E-state index < -0.39 is 5.79 Å². The Morgan fingerprint density at radius 3 is 2.05 bits per heavy atom. The van der Waals surface area contributed by atoms with Crippen LogP contribution in [0.15, 0.2) is 24.0 Å². The molecule has 0 aromatic heterocycles. The average molecular weight is 324 g/mol. The molecule has 1 unspecified atom stereocenters. The fraction of sp³-hybridized carbons (Fsp3) is 0.222. The minimum Gasteiger partial charge on any atom is -0.463 e. The summed E-state index contributed by atoms with van der Waals surface area (Å²) in [6.07, 6.45) is 24.9. The van der Waals surface area contributed by atoms with Gasteiger partial charge in [0.15, 0.2) is 0 Å². The van der Waals surface area contributed by atoms with Crippen molar-refractivity contribution in [3.8, 4) is 0 Å². The van der Waals surface area contributed by atoms with E-state index in [4.69, 9.17) is 9.47 Å². The van der Waals surface area contributed by atoms with Crippen molar-refractivity contribution in [2.75, 3.05) is 7.11 Å². The van der Waals surface area contributed by atoms with Crippen molar-refractivity contribution >= 4 is 0 Å². The molecule has 1 heterocycles. The minimum atomic E-state index is -0.596. The summed E-state index contributed by atoms with van der Waals surface area (Å²) in [5.41, 5.74) is 0. The Kier molecular flexibility index (Phi) is 8.70. The van der Waals surface area contributed by atoms with Gasteiger partial charge in [-0.25, -0.2) is 0 Å². The average Bonchev–Trinajstić information content (AvgIpc) is 3.21. The third kappa shape index (κ3) is 6.18. The van der Waals surface area contributed by atoms with Gasteiger partial charge >= 0.3 is 17.1 Å². The SMILES string of the molecule is COC1(/C=C/[C]2[CH][CH][CH][CH]2)CC=C(C)O1.[CH]1[CH][CH][CH][CH]1.[Fe+2]. The number of hydrogen-bond acceptors (Lipinski definition) is 2. The van der Waals surface area contributed by atoms with Gasteiger partial charge in [-0.3, -0.25) is 0 Å². The molecule has 110 valence electrons. The molecule has 2 saturated carbocycles. The first-order chi connectivity index (χ1) is 9.74. The molecular weight excluding hydrogens is 304 g/mol. The summed E-state index contributed by atoms with van der Waals surface area (Å²) >= 11 is 0. The Labute approximate surface area is 140 Å². The van der Waals surface area contributed by atoms with Crippen molar-refractivity contribution < 1.29 is 26.5 Å². The Bertz CT molecular complexity index is 334. The number of allylic oxidation sites excluding steroid dienone is 2. The second kappa shape index (κ2) is 9.71. The number of methoxy groups -OCH3 is 1. The largest absolute Gasteiger partial charge is 2.00 e. The van der Waals surface area contributed by atoms with Crippen molar-refractivity contribution in [2.24, 2.45) is 0 Å². The molecule has 0 amide bonds. The summed E-state index contributed by atoms with van der Waals surface area (Å²) in [4.78, 5) is 0. The molecule has 0 saturated heterocycles. The molecule has 2 fully saturated rings. The Morgan fingerprint density at radius 2 is 1.62 bits per heavy atom. The molecule has 3 aliphatic rings. The van der Waals surface area contributed by atoms with Gasteiger partial charge in [0, 0.05) is 19.4 Å². The van der Waals surface area contributed by atoms with Crippen molar-refractivity contribution in [1.29, 1.82) is 0 Å². The van der Waals surface area contributed by atoms with E-state index in [2.05, 4.69) is 12.8 Å². The number of hydrogen-bond donors (Lipinski definition) is 0. The Hall–Kier alpha value is -0.241. The zero-order valence-corrected chi connectivity index (χ0v) is 13.4. The van der Waals surface area contributed by atoms with E-state index in [1.807, 2.05) is 70.1 Å². The van der Waals surface area contributed by atoms with Crippen LogP contribution in [-0.2, 0) is 26.5 Å². The van der Waals surface area contributed by atoms with E-state index >= 15 is 0 Å². The first kappa shape index (κ1) is 18.8. The maximum Gasteiger partial charge on any atom is 2.00 e. The van der Waals surface area contributed by atoms with Gasteiger partial charge in [-0.2, -0.15) is 0 Å². The molecule has 0 bridgehead atoms. The molecule has 0 N–H and O–H groups in total. The second-order valence-electron chi connectivity index (χ2n) is 4.65. The predicted octanol–water partition coefficient (Wildman–Crippen LogP) is 3.63. The van der Waals surface area contributed by atoms with Crippen LogP contribution in [0.3, 0.4) is 0 Å². The molecule has 2 aliphatic carbocycles. The van der Waals surface area contributed by atoms with Crippen LogP contribution in [0.25, 0.3) is 0 Å². The van der Waals surface area contributed by atoms with E-state index in [-0.39, 0.29) is 17.1 Å². The summed E-state index contributed by atoms with van der Waals surface area (Å²) in [7, 11) is 1.67. The van der Waals surface area contributed by atoms with Crippen LogP contribution in [0.4, 0.5) is 0 Å².